The molecule has 0 spiro atoms. The van der Waals surface area contributed by atoms with E-state index in [-0.39, 0.29) is 0 Å². The number of aryl methyl sites for hydroxylation is 2. The van der Waals surface area contributed by atoms with Crippen molar-refractivity contribution in [2.24, 2.45) is 0 Å². The van der Waals surface area contributed by atoms with Gasteiger partial charge >= 0.3 is 0 Å². The van der Waals surface area contributed by atoms with Crippen LogP contribution in [0.15, 0.2) is 36.5 Å². The van der Waals surface area contributed by atoms with Crippen molar-refractivity contribution in [2.75, 3.05) is 0 Å². The standard InChI is InChI=1S/C17H17N3/c1-12-14-9-5-6-10-16(14)19-17-15(11-18-20(12)17)13-7-3-2-4-8-13/h2-4,7-8,11H,5-6,9-10H2,1H3. The molecule has 0 amide bonds. The molecule has 0 radical (unpaired) electrons. The average Bonchev–Trinajstić information content (AvgIpc) is 2.92. The van der Waals surface area contributed by atoms with E-state index in [1.54, 1.807) is 0 Å². The van der Waals surface area contributed by atoms with E-state index in [2.05, 4.69) is 36.3 Å². The summed E-state index contributed by atoms with van der Waals surface area (Å²) in [5.74, 6) is 0. The van der Waals surface area contributed by atoms with Gasteiger partial charge in [-0.3, -0.25) is 0 Å². The lowest BCUT2D eigenvalue weighted by atomic mass is 9.95. The summed E-state index contributed by atoms with van der Waals surface area (Å²) in [5, 5.41) is 4.56. The van der Waals surface area contributed by atoms with E-state index in [9.17, 15) is 0 Å². The Kier molecular flexibility index (Phi) is 2.59. The van der Waals surface area contributed by atoms with Crippen molar-refractivity contribution in [3.8, 4) is 11.1 Å². The average molecular weight is 263 g/mol. The Labute approximate surface area is 118 Å². The van der Waals surface area contributed by atoms with Gasteiger partial charge in [0.15, 0.2) is 5.65 Å². The van der Waals surface area contributed by atoms with Crippen LogP contribution in [0.5, 0.6) is 0 Å². The van der Waals surface area contributed by atoms with Gasteiger partial charge in [-0.25, -0.2) is 9.50 Å². The van der Waals surface area contributed by atoms with Crippen molar-refractivity contribution in [3.63, 3.8) is 0 Å². The normalized spacial score (nSPS) is 14.4. The van der Waals surface area contributed by atoms with Crippen LogP contribution in [0.4, 0.5) is 0 Å². The zero-order valence-corrected chi connectivity index (χ0v) is 11.6. The Balaban J connectivity index is 1.99. The monoisotopic (exact) mass is 263 g/mol. The van der Waals surface area contributed by atoms with Crippen LogP contribution >= 0.6 is 0 Å². The van der Waals surface area contributed by atoms with Crippen LogP contribution in [0.25, 0.3) is 16.8 Å². The molecule has 100 valence electrons. The van der Waals surface area contributed by atoms with Crippen LogP contribution in [-0.2, 0) is 12.8 Å². The number of fused-ring (bicyclic) bond motifs is 2. The molecule has 3 heteroatoms. The summed E-state index contributed by atoms with van der Waals surface area (Å²) in [5.41, 5.74) is 7.25. The third kappa shape index (κ3) is 1.66. The SMILES string of the molecule is Cc1c2c(nc3c(-c4ccccc4)cnn13)CCCC2. The Morgan fingerprint density at radius 3 is 2.70 bits per heavy atom. The minimum absolute atomic E-state index is 0.995. The summed E-state index contributed by atoms with van der Waals surface area (Å²) in [6.07, 6.45) is 6.71. The van der Waals surface area contributed by atoms with Crippen molar-refractivity contribution in [1.82, 2.24) is 14.6 Å². The van der Waals surface area contributed by atoms with Crippen LogP contribution in [0, 0.1) is 6.92 Å². The molecular formula is C17H17N3. The summed E-state index contributed by atoms with van der Waals surface area (Å²) in [6.45, 7) is 2.17. The van der Waals surface area contributed by atoms with Gasteiger partial charge in [-0.2, -0.15) is 5.10 Å². The smallest absolute Gasteiger partial charge is 0.163 e. The molecule has 0 saturated carbocycles. The number of aromatic nitrogens is 3. The molecule has 1 aliphatic carbocycles. The second-order valence-electron chi connectivity index (χ2n) is 5.49. The lowest BCUT2D eigenvalue weighted by Crippen LogP contribution is -2.12. The van der Waals surface area contributed by atoms with Gasteiger partial charge in [0.1, 0.15) is 0 Å². The molecule has 0 aliphatic heterocycles. The van der Waals surface area contributed by atoms with E-state index in [0.717, 1.165) is 24.1 Å². The predicted molar refractivity (Wildman–Crippen MR) is 79.8 cm³/mol. The molecule has 1 aliphatic rings. The fraction of sp³-hybridized carbons (Fsp3) is 0.294. The van der Waals surface area contributed by atoms with Crippen molar-refractivity contribution in [3.05, 3.63) is 53.5 Å². The lowest BCUT2D eigenvalue weighted by Gasteiger charge is -2.17. The Morgan fingerprint density at radius 1 is 1.05 bits per heavy atom. The van der Waals surface area contributed by atoms with Gasteiger partial charge in [0.05, 0.1) is 6.20 Å². The van der Waals surface area contributed by atoms with Gasteiger partial charge in [-0.05, 0) is 43.7 Å². The predicted octanol–water partition coefficient (Wildman–Crippen LogP) is 3.58. The van der Waals surface area contributed by atoms with Gasteiger partial charge < -0.3 is 0 Å². The van der Waals surface area contributed by atoms with Gasteiger partial charge in [-0.15, -0.1) is 0 Å². The molecule has 1 aromatic carbocycles. The fourth-order valence-corrected chi connectivity index (χ4v) is 3.17. The van der Waals surface area contributed by atoms with Crippen molar-refractivity contribution in [1.29, 1.82) is 0 Å². The lowest BCUT2D eigenvalue weighted by molar-refractivity contribution is 0.652. The first kappa shape index (κ1) is 11.6. The highest BCUT2D eigenvalue weighted by molar-refractivity contribution is 5.77. The molecule has 2 heterocycles. The molecule has 0 unspecified atom stereocenters. The highest BCUT2D eigenvalue weighted by Crippen LogP contribution is 2.28. The molecule has 3 aromatic rings. The second kappa shape index (κ2) is 4.44. The number of hydrogen-bond donors (Lipinski definition) is 0. The summed E-state index contributed by atoms with van der Waals surface area (Å²) >= 11 is 0. The highest BCUT2D eigenvalue weighted by Gasteiger charge is 2.18. The van der Waals surface area contributed by atoms with E-state index in [4.69, 9.17) is 4.98 Å². The minimum atomic E-state index is 0.995. The van der Waals surface area contributed by atoms with Gasteiger partial charge in [0.2, 0.25) is 0 Å². The summed E-state index contributed by atoms with van der Waals surface area (Å²) < 4.78 is 2.01. The summed E-state index contributed by atoms with van der Waals surface area (Å²) in [6, 6.07) is 10.4. The van der Waals surface area contributed by atoms with Crippen LogP contribution in [0.3, 0.4) is 0 Å². The zero-order chi connectivity index (χ0) is 13.5. The molecular weight excluding hydrogens is 246 g/mol. The molecule has 0 atom stereocenters. The molecule has 0 fully saturated rings. The number of hydrogen-bond acceptors (Lipinski definition) is 2. The van der Waals surface area contributed by atoms with E-state index < -0.39 is 0 Å². The molecule has 0 bridgehead atoms. The van der Waals surface area contributed by atoms with Crippen molar-refractivity contribution >= 4 is 5.65 Å². The largest absolute Gasteiger partial charge is 0.233 e. The van der Waals surface area contributed by atoms with Gasteiger partial charge in [0, 0.05) is 17.0 Å². The fourth-order valence-electron chi connectivity index (χ4n) is 3.17. The second-order valence-corrected chi connectivity index (χ2v) is 5.49. The van der Waals surface area contributed by atoms with Crippen molar-refractivity contribution in [2.45, 2.75) is 32.6 Å². The number of rotatable bonds is 1. The highest BCUT2D eigenvalue weighted by atomic mass is 15.3. The first-order valence-corrected chi connectivity index (χ1v) is 7.26. The number of benzene rings is 1. The Bertz CT molecular complexity index is 772. The van der Waals surface area contributed by atoms with Crippen LogP contribution in [0.2, 0.25) is 0 Å². The van der Waals surface area contributed by atoms with Crippen LogP contribution < -0.4 is 0 Å². The van der Waals surface area contributed by atoms with Crippen LogP contribution in [0.1, 0.15) is 29.8 Å². The summed E-state index contributed by atoms with van der Waals surface area (Å²) in [4.78, 5) is 4.91. The molecule has 0 N–H and O–H groups in total. The number of nitrogens with zero attached hydrogens (tertiary/aromatic N) is 3. The Hall–Kier alpha value is -2.16. The molecule has 20 heavy (non-hydrogen) atoms. The van der Waals surface area contributed by atoms with Crippen molar-refractivity contribution < 1.29 is 0 Å². The maximum atomic E-state index is 4.91. The molecule has 0 saturated heterocycles. The molecule has 4 rings (SSSR count). The first-order chi connectivity index (χ1) is 9.84. The maximum Gasteiger partial charge on any atom is 0.163 e. The minimum Gasteiger partial charge on any atom is -0.233 e. The third-order valence-electron chi connectivity index (χ3n) is 4.26. The van der Waals surface area contributed by atoms with E-state index >= 15 is 0 Å². The van der Waals surface area contributed by atoms with Crippen LogP contribution in [-0.4, -0.2) is 14.6 Å². The topological polar surface area (TPSA) is 30.2 Å². The van der Waals surface area contributed by atoms with Gasteiger partial charge in [0.25, 0.3) is 0 Å². The van der Waals surface area contributed by atoms with E-state index in [1.807, 2.05) is 16.8 Å². The zero-order valence-electron chi connectivity index (χ0n) is 11.6. The maximum absolute atomic E-state index is 4.91. The summed E-state index contributed by atoms with van der Waals surface area (Å²) in [7, 11) is 0. The first-order valence-electron chi connectivity index (χ1n) is 7.26. The van der Waals surface area contributed by atoms with Gasteiger partial charge in [-0.1, -0.05) is 30.3 Å². The molecule has 3 nitrogen and oxygen atoms in total. The molecule has 2 aromatic heterocycles. The quantitative estimate of drug-likeness (QED) is 0.671. The third-order valence-corrected chi connectivity index (χ3v) is 4.26. The Morgan fingerprint density at radius 2 is 1.85 bits per heavy atom. The van der Waals surface area contributed by atoms with E-state index in [1.165, 1.54) is 35.4 Å². The van der Waals surface area contributed by atoms with E-state index in [0.29, 0.717) is 0 Å².